The van der Waals surface area contributed by atoms with Crippen LogP contribution in [0.25, 0.3) is 0 Å². The molecule has 0 spiro atoms. The fourth-order valence-corrected chi connectivity index (χ4v) is 3.26. The van der Waals surface area contributed by atoms with Gasteiger partial charge < -0.3 is 20.7 Å². The third-order valence-corrected chi connectivity index (χ3v) is 4.46. The molecule has 1 aromatic carbocycles. The molecular formula is C20H29FN4O4. The summed E-state index contributed by atoms with van der Waals surface area (Å²) in [4.78, 5) is 39.6. The van der Waals surface area contributed by atoms with Gasteiger partial charge in [-0.1, -0.05) is 27.7 Å². The van der Waals surface area contributed by atoms with E-state index in [9.17, 15) is 18.8 Å². The van der Waals surface area contributed by atoms with Crippen LogP contribution in [0.15, 0.2) is 18.2 Å². The maximum Gasteiger partial charge on any atom is 0.253 e. The van der Waals surface area contributed by atoms with Crippen LogP contribution in [0.3, 0.4) is 0 Å². The number of nitrogens with zero attached hydrogens (tertiary/aromatic N) is 2. The van der Waals surface area contributed by atoms with Crippen LogP contribution in [0.4, 0.5) is 15.8 Å². The number of rotatable bonds is 7. The molecule has 9 heteroatoms. The second-order valence-corrected chi connectivity index (χ2v) is 8.18. The van der Waals surface area contributed by atoms with Gasteiger partial charge in [-0.25, -0.2) is 4.39 Å². The van der Waals surface area contributed by atoms with Gasteiger partial charge >= 0.3 is 0 Å². The van der Waals surface area contributed by atoms with Gasteiger partial charge in [0.25, 0.3) is 11.8 Å². The van der Waals surface area contributed by atoms with Crippen LogP contribution in [0.1, 0.15) is 27.7 Å². The Labute approximate surface area is 170 Å². The van der Waals surface area contributed by atoms with Crippen molar-refractivity contribution in [2.75, 3.05) is 43.1 Å². The van der Waals surface area contributed by atoms with Crippen LogP contribution in [0.2, 0.25) is 0 Å². The number of morpholine rings is 1. The van der Waals surface area contributed by atoms with Gasteiger partial charge in [0.2, 0.25) is 5.91 Å². The third-order valence-electron chi connectivity index (χ3n) is 4.46. The van der Waals surface area contributed by atoms with Crippen molar-refractivity contribution in [3.63, 3.8) is 0 Å². The summed E-state index contributed by atoms with van der Waals surface area (Å²) in [6.07, 6.45) is 0. The highest BCUT2D eigenvalue weighted by molar-refractivity contribution is 6.09. The van der Waals surface area contributed by atoms with Crippen molar-refractivity contribution in [3.05, 3.63) is 24.0 Å². The number of carbonyl (C=O) groups is 3. The summed E-state index contributed by atoms with van der Waals surface area (Å²) in [7, 11) is 0. The van der Waals surface area contributed by atoms with Crippen molar-refractivity contribution >= 4 is 29.1 Å². The number of anilines is 2. The molecule has 3 amide bonds. The summed E-state index contributed by atoms with van der Waals surface area (Å²) < 4.78 is 19.6. The highest BCUT2D eigenvalue weighted by atomic mass is 19.1. The van der Waals surface area contributed by atoms with Crippen molar-refractivity contribution in [2.24, 2.45) is 11.1 Å². The number of nitrogens with one attached hydrogen (secondary N) is 1. The van der Waals surface area contributed by atoms with Gasteiger partial charge in [-0.15, -0.1) is 0 Å². The second kappa shape index (κ2) is 9.32. The lowest BCUT2D eigenvalue weighted by Gasteiger charge is -2.33. The van der Waals surface area contributed by atoms with E-state index in [0.717, 1.165) is 6.07 Å². The van der Waals surface area contributed by atoms with Crippen molar-refractivity contribution in [2.45, 2.75) is 33.7 Å². The molecular weight excluding hydrogens is 379 g/mol. The fraction of sp³-hybridized carbons (Fsp3) is 0.550. The quantitative estimate of drug-likeness (QED) is 0.663. The van der Waals surface area contributed by atoms with Crippen molar-refractivity contribution < 1.29 is 23.5 Å². The number of ether oxygens (including phenoxy) is 1. The average Bonchev–Trinajstić information content (AvgIpc) is 2.60. The van der Waals surface area contributed by atoms with Gasteiger partial charge in [0, 0.05) is 18.8 Å². The summed E-state index contributed by atoms with van der Waals surface area (Å²) in [5, 5.41) is 2.56. The van der Waals surface area contributed by atoms with Crippen LogP contribution in [-0.2, 0) is 19.1 Å². The number of halogens is 1. The van der Waals surface area contributed by atoms with E-state index in [1.54, 1.807) is 4.90 Å². The van der Waals surface area contributed by atoms with Crippen molar-refractivity contribution in [3.8, 4) is 0 Å². The highest BCUT2D eigenvalue weighted by Gasteiger charge is 2.33. The molecule has 3 N–H and O–H groups in total. The van der Waals surface area contributed by atoms with Crippen molar-refractivity contribution in [1.82, 2.24) is 4.90 Å². The molecule has 0 saturated carbocycles. The Balaban J connectivity index is 2.18. The van der Waals surface area contributed by atoms with Crippen LogP contribution >= 0.6 is 0 Å². The first-order valence-electron chi connectivity index (χ1n) is 9.55. The molecule has 0 unspecified atom stereocenters. The predicted molar refractivity (Wildman–Crippen MR) is 108 cm³/mol. The zero-order valence-electron chi connectivity index (χ0n) is 17.3. The van der Waals surface area contributed by atoms with Gasteiger partial charge in [-0.05, 0) is 30.2 Å². The minimum atomic E-state index is -1.18. The SMILES string of the molecule is CCN(CC(C)(C)C)[C@@H](C(N)=O)C(=O)Nc1ccc(N2CCOCC2=O)c(F)c1. The molecule has 160 valence electrons. The van der Waals surface area contributed by atoms with Gasteiger partial charge in [-0.2, -0.15) is 0 Å². The minimum Gasteiger partial charge on any atom is -0.370 e. The normalized spacial score (nSPS) is 16.1. The molecule has 0 radical (unpaired) electrons. The lowest BCUT2D eigenvalue weighted by Crippen LogP contribution is -2.54. The largest absolute Gasteiger partial charge is 0.370 e. The van der Waals surface area contributed by atoms with Crippen LogP contribution < -0.4 is 16.0 Å². The Morgan fingerprint density at radius 1 is 1.38 bits per heavy atom. The number of primary amides is 1. The van der Waals surface area contributed by atoms with Gasteiger partial charge in [0.1, 0.15) is 12.4 Å². The zero-order valence-corrected chi connectivity index (χ0v) is 17.3. The maximum absolute atomic E-state index is 14.6. The van der Waals surface area contributed by atoms with E-state index in [0.29, 0.717) is 19.7 Å². The Morgan fingerprint density at radius 2 is 2.07 bits per heavy atom. The first kappa shape index (κ1) is 22.8. The third kappa shape index (κ3) is 5.98. The van der Waals surface area contributed by atoms with Gasteiger partial charge in [-0.3, -0.25) is 19.3 Å². The number of likely N-dealkylation sites (N-methyl/N-ethyl adjacent to an activating group) is 1. The fourth-order valence-electron chi connectivity index (χ4n) is 3.26. The van der Waals surface area contributed by atoms with Crippen molar-refractivity contribution in [1.29, 1.82) is 0 Å². The first-order chi connectivity index (χ1) is 13.5. The van der Waals surface area contributed by atoms with E-state index < -0.39 is 23.7 Å². The van der Waals surface area contributed by atoms with E-state index >= 15 is 0 Å². The van der Waals surface area contributed by atoms with E-state index in [-0.39, 0.29) is 35.8 Å². The molecule has 1 atom stereocenters. The topological polar surface area (TPSA) is 105 Å². The Morgan fingerprint density at radius 3 is 2.59 bits per heavy atom. The zero-order chi connectivity index (χ0) is 21.8. The molecule has 29 heavy (non-hydrogen) atoms. The summed E-state index contributed by atoms with van der Waals surface area (Å²) in [5.41, 5.74) is 5.62. The minimum absolute atomic E-state index is 0.0984. The molecule has 0 bridgehead atoms. The predicted octanol–water partition coefficient (Wildman–Crippen LogP) is 1.35. The van der Waals surface area contributed by atoms with Crippen LogP contribution in [0.5, 0.6) is 0 Å². The van der Waals surface area contributed by atoms with Crippen LogP contribution in [-0.4, -0.2) is 61.5 Å². The summed E-state index contributed by atoms with van der Waals surface area (Å²) in [6, 6.07) is 2.84. The summed E-state index contributed by atoms with van der Waals surface area (Å²) in [6.45, 7) is 9.23. The summed E-state index contributed by atoms with van der Waals surface area (Å²) >= 11 is 0. The molecule has 1 saturated heterocycles. The number of benzene rings is 1. The van der Waals surface area contributed by atoms with E-state index in [2.05, 4.69) is 5.32 Å². The number of nitrogens with two attached hydrogens (primary N) is 1. The standard InChI is InChI=1S/C20H29FN4O4/c1-5-24(12-20(2,3)4)17(18(22)27)19(28)23-13-6-7-15(14(21)10-13)25-8-9-29-11-16(25)26/h6-7,10,17H,5,8-9,11-12H2,1-4H3,(H2,22,27)(H,23,28)/t17-/m0/s1. The molecule has 1 aliphatic heterocycles. The van der Waals surface area contributed by atoms with Gasteiger partial charge in [0.15, 0.2) is 6.04 Å². The second-order valence-electron chi connectivity index (χ2n) is 8.18. The van der Waals surface area contributed by atoms with Gasteiger partial charge in [0.05, 0.1) is 12.3 Å². The monoisotopic (exact) mass is 408 g/mol. The molecule has 1 heterocycles. The molecule has 1 aliphatic rings. The smallest absolute Gasteiger partial charge is 0.253 e. The molecule has 8 nitrogen and oxygen atoms in total. The van der Waals surface area contributed by atoms with E-state index in [4.69, 9.17) is 10.5 Å². The number of amides is 3. The lowest BCUT2D eigenvalue weighted by atomic mass is 9.95. The molecule has 2 rings (SSSR count). The number of carbonyl (C=O) groups excluding carboxylic acids is 3. The molecule has 0 aromatic heterocycles. The molecule has 1 fully saturated rings. The maximum atomic E-state index is 14.6. The molecule has 1 aromatic rings. The summed E-state index contributed by atoms with van der Waals surface area (Å²) in [5.74, 6) is -2.39. The van der Waals surface area contributed by atoms with Crippen LogP contribution in [0, 0.1) is 11.2 Å². The van der Waals surface area contributed by atoms with E-state index in [1.165, 1.54) is 17.0 Å². The van der Waals surface area contributed by atoms with E-state index in [1.807, 2.05) is 27.7 Å². The molecule has 0 aliphatic carbocycles. The number of hydrogen-bond donors (Lipinski definition) is 2. The lowest BCUT2D eigenvalue weighted by molar-refractivity contribution is -0.133. The number of hydrogen-bond acceptors (Lipinski definition) is 5. The Bertz CT molecular complexity index is 778. The first-order valence-corrected chi connectivity index (χ1v) is 9.55. The highest BCUT2D eigenvalue weighted by Crippen LogP contribution is 2.25. The Hall–Kier alpha value is -2.52. The Kier molecular flexibility index (Phi) is 7.32. The average molecular weight is 408 g/mol.